The fourth-order valence-corrected chi connectivity index (χ4v) is 3.63. The Balaban J connectivity index is 1.95. The fourth-order valence-electron chi connectivity index (χ4n) is 2.27. The fraction of sp³-hybridized carbons (Fsp3) is 0.571. The van der Waals surface area contributed by atoms with Gasteiger partial charge in [0.15, 0.2) is 0 Å². The van der Waals surface area contributed by atoms with Crippen LogP contribution in [0.2, 0.25) is 0 Å². The smallest absolute Gasteiger partial charge is 0.128 e. The lowest BCUT2D eigenvalue weighted by Gasteiger charge is -2.12. The van der Waals surface area contributed by atoms with Gasteiger partial charge >= 0.3 is 0 Å². The third kappa shape index (κ3) is 2.96. The zero-order chi connectivity index (χ0) is 12.3. The molecule has 2 rings (SSSR count). The molecule has 0 bridgehead atoms. The topological polar surface area (TPSA) is 20.3 Å². The van der Waals surface area contributed by atoms with Gasteiger partial charge in [0.2, 0.25) is 0 Å². The van der Waals surface area contributed by atoms with Gasteiger partial charge in [0.05, 0.1) is 4.90 Å². The normalized spacial score (nSPS) is 19.5. The highest BCUT2D eigenvalue weighted by atomic mass is 32.2. The van der Waals surface area contributed by atoms with E-state index in [1.807, 2.05) is 6.07 Å². The zero-order valence-corrected chi connectivity index (χ0v) is 11.6. The number of fused-ring (bicyclic) bond motifs is 1. The minimum Gasteiger partial charge on any atom is -0.237 e. The van der Waals surface area contributed by atoms with Crippen LogP contribution in [0.5, 0.6) is 0 Å². The predicted octanol–water partition coefficient (Wildman–Crippen LogP) is 3.41. The van der Waals surface area contributed by atoms with Crippen LogP contribution in [-0.2, 0) is 17.5 Å². The van der Waals surface area contributed by atoms with Gasteiger partial charge in [-0.3, -0.25) is 0 Å². The molecule has 1 aliphatic heterocycles. The zero-order valence-electron chi connectivity index (χ0n) is 10.7. The molecule has 1 aliphatic rings. The average molecular weight is 251 g/mol. The maximum atomic E-state index is 12.2. The summed E-state index contributed by atoms with van der Waals surface area (Å²) in [6.45, 7) is 6.12. The van der Waals surface area contributed by atoms with Crippen molar-refractivity contribution < 1.29 is 4.21 Å². The van der Waals surface area contributed by atoms with Gasteiger partial charge in [0.25, 0.3) is 0 Å². The molecule has 1 heterocycles. The van der Waals surface area contributed by atoms with Crippen LogP contribution in [0.15, 0.2) is 23.1 Å². The average Bonchev–Trinajstić information content (AvgIpc) is 2.61. The van der Waals surface area contributed by atoms with Crippen molar-refractivity contribution in [3.05, 3.63) is 29.3 Å². The first-order valence-corrected chi connectivity index (χ1v) is 7.59. The second-order valence-corrected chi connectivity index (χ2v) is 6.24. The molecule has 3 heteroatoms. The third-order valence-electron chi connectivity index (χ3n) is 3.25. The number of benzene rings is 1. The van der Waals surface area contributed by atoms with Crippen LogP contribution >= 0.6 is 0 Å². The van der Waals surface area contributed by atoms with Crippen LogP contribution in [0.1, 0.15) is 43.7 Å². The molecule has 0 fully saturated rings. The van der Waals surface area contributed by atoms with Crippen molar-refractivity contribution in [3.63, 3.8) is 0 Å². The molecule has 2 nitrogen and oxygen atoms in total. The Kier molecular flexibility index (Phi) is 4.35. The highest BCUT2D eigenvalue weighted by Gasteiger charge is 2.25. The van der Waals surface area contributed by atoms with Crippen molar-refractivity contribution in [1.82, 2.24) is 4.31 Å². The Morgan fingerprint density at radius 3 is 2.88 bits per heavy atom. The van der Waals surface area contributed by atoms with Crippen LogP contribution in [0, 0.1) is 6.92 Å². The van der Waals surface area contributed by atoms with Crippen molar-refractivity contribution in [1.29, 1.82) is 0 Å². The molecule has 0 radical (unpaired) electrons. The molecule has 0 aliphatic carbocycles. The van der Waals surface area contributed by atoms with E-state index in [0.717, 1.165) is 24.4 Å². The molecule has 0 spiro atoms. The molecule has 0 saturated carbocycles. The summed E-state index contributed by atoms with van der Waals surface area (Å²) >= 11 is 0. The Bertz CT molecular complexity index is 417. The summed E-state index contributed by atoms with van der Waals surface area (Å²) in [5.74, 6) is 0. The van der Waals surface area contributed by atoms with E-state index in [2.05, 4.69) is 30.3 Å². The van der Waals surface area contributed by atoms with E-state index in [-0.39, 0.29) is 0 Å². The lowest BCUT2D eigenvalue weighted by atomic mass is 10.1. The second-order valence-electron chi connectivity index (χ2n) is 4.78. The van der Waals surface area contributed by atoms with Gasteiger partial charge in [0, 0.05) is 13.1 Å². The summed E-state index contributed by atoms with van der Waals surface area (Å²) < 4.78 is 14.3. The van der Waals surface area contributed by atoms with Crippen molar-refractivity contribution >= 4 is 11.0 Å². The lowest BCUT2D eigenvalue weighted by Crippen LogP contribution is -2.20. The van der Waals surface area contributed by atoms with E-state index in [4.69, 9.17) is 0 Å². The van der Waals surface area contributed by atoms with Crippen molar-refractivity contribution in [2.24, 2.45) is 0 Å². The van der Waals surface area contributed by atoms with Crippen LogP contribution in [0.25, 0.3) is 0 Å². The number of nitrogens with zero attached hydrogens (tertiary/aromatic N) is 1. The molecule has 1 aromatic rings. The Labute approximate surface area is 107 Å². The highest BCUT2D eigenvalue weighted by Crippen LogP contribution is 2.27. The quantitative estimate of drug-likeness (QED) is 0.734. The Morgan fingerprint density at radius 2 is 2.12 bits per heavy atom. The molecular weight excluding hydrogens is 230 g/mol. The van der Waals surface area contributed by atoms with Gasteiger partial charge in [0.1, 0.15) is 11.0 Å². The largest absolute Gasteiger partial charge is 0.237 e. The molecule has 0 N–H and O–H groups in total. The first-order chi connectivity index (χ1) is 8.22. The van der Waals surface area contributed by atoms with Crippen molar-refractivity contribution in [2.45, 2.75) is 51.0 Å². The first-order valence-electron chi connectivity index (χ1n) is 6.48. The van der Waals surface area contributed by atoms with Gasteiger partial charge < -0.3 is 0 Å². The highest BCUT2D eigenvalue weighted by molar-refractivity contribution is 7.83. The van der Waals surface area contributed by atoms with E-state index in [9.17, 15) is 4.21 Å². The molecule has 1 aromatic carbocycles. The number of hydrogen-bond acceptors (Lipinski definition) is 1. The molecule has 94 valence electrons. The van der Waals surface area contributed by atoms with Crippen molar-refractivity contribution in [2.75, 3.05) is 6.54 Å². The minimum absolute atomic E-state index is 0.857. The van der Waals surface area contributed by atoms with Crippen LogP contribution in [0.4, 0.5) is 0 Å². The summed E-state index contributed by atoms with van der Waals surface area (Å²) in [7, 11) is -0.916. The first kappa shape index (κ1) is 12.8. The van der Waals surface area contributed by atoms with Crippen molar-refractivity contribution in [3.8, 4) is 0 Å². The lowest BCUT2D eigenvalue weighted by molar-refractivity contribution is 0.434. The van der Waals surface area contributed by atoms with Gasteiger partial charge in [-0.2, -0.15) is 0 Å². The molecule has 0 saturated heterocycles. The summed E-state index contributed by atoms with van der Waals surface area (Å²) in [6, 6.07) is 6.24. The van der Waals surface area contributed by atoms with Crippen LogP contribution in [-0.4, -0.2) is 15.1 Å². The van der Waals surface area contributed by atoms with E-state index >= 15 is 0 Å². The molecule has 1 atom stereocenters. The van der Waals surface area contributed by atoms with Gasteiger partial charge in [-0.05, 0) is 25.0 Å². The Morgan fingerprint density at radius 1 is 1.29 bits per heavy atom. The predicted molar refractivity (Wildman–Crippen MR) is 72.1 cm³/mol. The SMILES string of the molecule is CCCCCCN1Cc2cc(C)ccc2S1=O. The maximum Gasteiger partial charge on any atom is 0.128 e. The van der Waals surface area contributed by atoms with Gasteiger partial charge in [-0.1, -0.05) is 43.9 Å². The maximum absolute atomic E-state index is 12.2. The summed E-state index contributed by atoms with van der Waals surface area (Å²) in [5.41, 5.74) is 2.51. The molecule has 17 heavy (non-hydrogen) atoms. The molecule has 1 unspecified atom stereocenters. The summed E-state index contributed by atoms with van der Waals surface area (Å²) in [5, 5.41) is 0. The number of rotatable bonds is 5. The molecule has 0 aromatic heterocycles. The van der Waals surface area contributed by atoms with Gasteiger partial charge in [-0.15, -0.1) is 0 Å². The minimum atomic E-state index is -0.916. The van der Waals surface area contributed by atoms with Gasteiger partial charge in [-0.25, -0.2) is 8.51 Å². The van der Waals surface area contributed by atoms with Crippen LogP contribution < -0.4 is 0 Å². The second kappa shape index (κ2) is 5.78. The number of aryl methyl sites for hydroxylation is 1. The summed E-state index contributed by atoms with van der Waals surface area (Å²) in [4.78, 5) is 1.02. The van der Waals surface area contributed by atoms with E-state index in [1.54, 1.807) is 0 Å². The number of hydrogen-bond donors (Lipinski definition) is 0. The van der Waals surface area contributed by atoms with E-state index < -0.39 is 11.0 Å². The third-order valence-corrected chi connectivity index (χ3v) is 4.80. The van der Waals surface area contributed by atoms with Crippen LogP contribution in [0.3, 0.4) is 0 Å². The molecule has 0 amide bonds. The standard InChI is InChI=1S/C14H21NOS/c1-3-4-5-6-9-15-11-13-10-12(2)7-8-14(13)17(15)16/h7-8,10H,3-6,9,11H2,1-2H3. The number of unbranched alkanes of at least 4 members (excludes halogenated alkanes) is 3. The van der Waals surface area contributed by atoms with E-state index in [1.165, 1.54) is 30.4 Å². The monoisotopic (exact) mass is 251 g/mol. The summed E-state index contributed by atoms with van der Waals surface area (Å²) in [6.07, 6.45) is 4.95. The Hall–Kier alpha value is -0.670. The van der Waals surface area contributed by atoms with E-state index in [0.29, 0.717) is 0 Å². The molecular formula is C14H21NOS.